The molecule has 240 valence electrons. The summed E-state index contributed by atoms with van der Waals surface area (Å²) in [5.74, 6) is -0.280. The summed E-state index contributed by atoms with van der Waals surface area (Å²) in [6, 6.07) is 20.8. The topological polar surface area (TPSA) is 129 Å². The summed E-state index contributed by atoms with van der Waals surface area (Å²) in [6.45, 7) is 3.64. The van der Waals surface area contributed by atoms with E-state index in [0.29, 0.717) is 23.4 Å². The van der Waals surface area contributed by atoms with E-state index in [-0.39, 0.29) is 43.3 Å². The molecule has 0 aliphatic heterocycles. The molecule has 0 aliphatic carbocycles. The van der Waals surface area contributed by atoms with Gasteiger partial charge in [-0.15, -0.1) is 0 Å². The van der Waals surface area contributed by atoms with E-state index in [4.69, 9.17) is 4.74 Å². The number of rotatable bonds is 14. The maximum Gasteiger partial charge on any atom is 0.319 e. The van der Waals surface area contributed by atoms with Crippen molar-refractivity contribution >= 4 is 40.9 Å². The first-order valence-corrected chi connectivity index (χ1v) is 14.7. The molecule has 0 radical (unpaired) electrons. The third-order valence-electron chi connectivity index (χ3n) is 6.97. The molecule has 11 nitrogen and oxygen atoms in total. The van der Waals surface area contributed by atoms with Crippen LogP contribution in [0.15, 0.2) is 72.8 Å². The largest absolute Gasteiger partial charge is 0.483 e. The molecule has 3 N–H and O–H groups in total. The van der Waals surface area contributed by atoms with Crippen molar-refractivity contribution in [1.82, 2.24) is 10.6 Å². The summed E-state index contributed by atoms with van der Waals surface area (Å²) < 4.78 is 10.7. The summed E-state index contributed by atoms with van der Waals surface area (Å²) in [4.78, 5) is 53.6. The minimum absolute atomic E-state index is 0.0774. The number of nitrogens with zero attached hydrogens (tertiary/aromatic N) is 2. The molecule has 0 bridgehead atoms. The van der Waals surface area contributed by atoms with Crippen LogP contribution >= 0.6 is 0 Å². The Kier molecular flexibility index (Phi) is 12.8. The molecule has 45 heavy (non-hydrogen) atoms. The molecule has 1 unspecified atom stereocenters. The number of hydrogen-bond acceptors (Lipinski definition) is 7. The Balaban J connectivity index is 1.61. The number of esters is 1. The highest BCUT2D eigenvalue weighted by atomic mass is 16.5. The van der Waals surface area contributed by atoms with Gasteiger partial charge in [0, 0.05) is 43.8 Å². The lowest BCUT2D eigenvalue weighted by Crippen LogP contribution is -2.40. The van der Waals surface area contributed by atoms with Gasteiger partial charge in [0.25, 0.3) is 5.91 Å². The Bertz CT molecular complexity index is 1470. The minimum atomic E-state index is -0.566. The van der Waals surface area contributed by atoms with Crippen LogP contribution in [0.3, 0.4) is 0 Å². The van der Waals surface area contributed by atoms with E-state index in [1.54, 1.807) is 42.3 Å². The van der Waals surface area contributed by atoms with Crippen LogP contribution in [-0.4, -0.2) is 65.2 Å². The van der Waals surface area contributed by atoms with Gasteiger partial charge in [-0.25, -0.2) is 4.79 Å². The maximum atomic E-state index is 13.0. The van der Waals surface area contributed by atoms with Crippen LogP contribution in [0.1, 0.15) is 37.4 Å². The van der Waals surface area contributed by atoms with Crippen LogP contribution in [0.5, 0.6) is 5.75 Å². The zero-order valence-electron chi connectivity index (χ0n) is 26.8. The second-order valence-electron chi connectivity index (χ2n) is 11.2. The van der Waals surface area contributed by atoms with Gasteiger partial charge >= 0.3 is 12.0 Å². The SMILES string of the molecule is COC(=O)Cc1cccc(NC(=O)NCC(=O)NC(CC(C)C)c2ccccc2OCC(=O)N(C)c2cccc(N(C)C)c2)c1. The highest BCUT2D eigenvalue weighted by molar-refractivity contribution is 5.94. The van der Waals surface area contributed by atoms with Crippen LogP contribution in [0, 0.1) is 5.92 Å². The van der Waals surface area contributed by atoms with Crippen molar-refractivity contribution in [2.75, 3.05) is 56.5 Å². The average molecular weight is 618 g/mol. The molecule has 0 fully saturated rings. The van der Waals surface area contributed by atoms with Gasteiger partial charge in [0.2, 0.25) is 5.91 Å². The predicted molar refractivity (Wildman–Crippen MR) is 176 cm³/mol. The zero-order chi connectivity index (χ0) is 32.9. The number of benzene rings is 3. The smallest absolute Gasteiger partial charge is 0.319 e. The molecular formula is C34H43N5O6. The van der Waals surface area contributed by atoms with E-state index in [0.717, 1.165) is 16.9 Å². The highest BCUT2D eigenvalue weighted by Gasteiger charge is 2.21. The number of carbonyl (C=O) groups is 4. The number of amides is 4. The van der Waals surface area contributed by atoms with Gasteiger partial charge < -0.3 is 35.2 Å². The van der Waals surface area contributed by atoms with E-state index in [2.05, 4.69) is 20.7 Å². The first-order chi connectivity index (χ1) is 21.5. The molecule has 0 heterocycles. The van der Waals surface area contributed by atoms with E-state index in [1.165, 1.54) is 7.11 Å². The molecule has 0 saturated carbocycles. The number of methoxy groups -OCH3 is 1. The molecule has 0 aromatic heterocycles. The molecule has 3 rings (SSSR count). The third-order valence-corrected chi connectivity index (χ3v) is 6.97. The van der Waals surface area contributed by atoms with E-state index < -0.39 is 12.1 Å². The highest BCUT2D eigenvalue weighted by Crippen LogP contribution is 2.30. The predicted octanol–water partition coefficient (Wildman–Crippen LogP) is 4.54. The van der Waals surface area contributed by atoms with Crippen molar-refractivity contribution in [3.63, 3.8) is 0 Å². The van der Waals surface area contributed by atoms with Crippen molar-refractivity contribution in [2.24, 2.45) is 5.92 Å². The standard InChI is InChI=1S/C34H43N5O6/c1-23(2)17-29(37-31(40)21-35-34(43)36-25-12-9-11-24(18-25)19-33(42)44-6)28-15-7-8-16-30(28)45-22-32(41)39(5)27-14-10-13-26(20-27)38(3)4/h7-16,18,20,23,29H,17,19,21-22H2,1-6H3,(H,37,40)(H2,35,36,43). The molecule has 1 atom stereocenters. The van der Waals surface area contributed by atoms with Gasteiger partial charge in [0.05, 0.1) is 26.1 Å². The van der Waals surface area contributed by atoms with E-state index in [1.807, 2.05) is 75.3 Å². The number of anilines is 3. The molecule has 0 saturated heterocycles. The zero-order valence-corrected chi connectivity index (χ0v) is 26.8. The van der Waals surface area contributed by atoms with Gasteiger partial charge in [0.1, 0.15) is 5.75 Å². The van der Waals surface area contributed by atoms with Crippen molar-refractivity contribution in [2.45, 2.75) is 32.7 Å². The van der Waals surface area contributed by atoms with Crippen LogP contribution in [0.4, 0.5) is 21.9 Å². The molecule has 3 aromatic rings. The second-order valence-corrected chi connectivity index (χ2v) is 11.2. The molecule has 11 heteroatoms. The normalized spacial score (nSPS) is 11.3. The molecule has 0 aliphatic rings. The Morgan fingerprint density at radius 3 is 2.29 bits per heavy atom. The fourth-order valence-corrected chi connectivity index (χ4v) is 4.57. The van der Waals surface area contributed by atoms with Gasteiger partial charge in [-0.1, -0.05) is 50.2 Å². The second kappa shape index (κ2) is 16.7. The average Bonchev–Trinajstić information content (AvgIpc) is 3.02. The Labute approximate surface area is 264 Å². The number of para-hydroxylation sites is 1. The summed E-state index contributed by atoms with van der Waals surface area (Å²) in [6.07, 6.45) is 0.685. The number of nitrogens with one attached hydrogen (secondary N) is 3. The number of urea groups is 1. The van der Waals surface area contributed by atoms with Crippen molar-refractivity contribution in [3.05, 3.63) is 83.9 Å². The van der Waals surface area contributed by atoms with Crippen molar-refractivity contribution in [3.8, 4) is 5.75 Å². The Morgan fingerprint density at radius 1 is 0.867 bits per heavy atom. The summed E-state index contributed by atoms with van der Waals surface area (Å²) in [5.41, 5.74) is 3.61. The van der Waals surface area contributed by atoms with Crippen LogP contribution in [0.25, 0.3) is 0 Å². The molecule has 4 amide bonds. The lowest BCUT2D eigenvalue weighted by molar-refractivity contribution is -0.139. The van der Waals surface area contributed by atoms with E-state index in [9.17, 15) is 19.2 Å². The molecule has 0 spiro atoms. The van der Waals surface area contributed by atoms with Gasteiger partial charge in [0.15, 0.2) is 6.61 Å². The van der Waals surface area contributed by atoms with Crippen LogP contribution in [0.2, 0.25) is 0 Å². The number of carbonyl (C=O) groups excluding carboxylic acids is 4. The van der Waals surface area contributed by atoms with Crippen LogP contribution < -0.4 is 30.5 Å². The molecule has 3 aromatic carbocycles. The first kappa shape index (κ1) is 34.4. The number of ether oxygens (including phenoxy) is 2. The van der Waals surface area contributed by atoms with Gasteiger partial charge in [-0.05, 0) is 54.3 Å². The summed E-state index contributed by atoms with van der Waals surface area (Å²) in [7, 11) is 6.89. The quantitative estimate of drug-likeness (QED) is 0.227. The summed E-state index contributed by atoms with van der Waals surface area (Å²) >= 11 is 0. The van der Waals surface area contributed by atoms with Crippen LogP contribution in [-0.2, 0) is 25.5 Å². The van der Waals surface area contributed by atoms with E-state index >= 15 is 0 Å². The molecular weight excluding hydrogens is 574 g/mol. The number of hydrogen-bond donors (Lipinski definition) is 3. The minimum Gasteiger partial charge on any atom is -0.483 e. The third kappa shape index (κ3) is 10.9. The Hall–Kier alpha value is -5.06. The number of likely N-dealkylation sites (N-methyl/N-ethyl adjacent to an activating group) is 1. The summed E-state index contributed by atoms with van der Waals surface area (Å²) in [5, 5.41) is 8.24. The van der Waals surface area contributed by atoms with Crippen molar-refractivity contribution in [1.29, 1.82) is 0 Å². The lowest BCUT2D eigenvalue weighted by atomic mass is 9.96. The monoisotopic (exact) mass is 617 g/mol. The fourth-order valence-electron chi connectivity index (χ4n) is 4.57. The Morgan fingerprint density at radius 2 is 1.58 bits per heavy atom. The lowest BCUT2D eigenvalue weighted by Gasteiger charge is -2.24. The fraction of sp³-hybridized carbons (Fsp3) is 0.353. The first-order valence-electron chi connectivity index (χ1n) is 14.7. The van der Waals surface area contributed by atoms with Gasteiger partial charge in [-0.2, -0.15) is 0 Å². The van der Waals surface area contributed by atoms with Gasteiger partial charge in [-0.3, -0.25) is 14.4 Å². The van der Waals surface area contributed by atoms with Crippen molar-refractivity contribution < 1.29 is 28.7 Å². The maximum absolute atomic E-state index is 13.0.